The molecule has 21 heavy (non-hydrogen) atoms. The molecule has 0 saturated heterocycles. The van der Waals surface area contributed by atoms with Crippen LogP contribution in [0, 0.1) is 11.3 Å². The third-order valence-electron chi connectivity index (χ3n) is 3.80. The van der Waals surface area contributed by atoms with E-state index in [4.69, 9.17) is 9.52 Å². The summed E-state index contributed by atoms with van der Waals surface area (Å²) in [6, 6.07) is 3.78. The average Bonchev–Trinajstić information content (AvgIpc) is 2.97. The summed E-state index contributed by atoms with van der Waals surface area (Å²) < 4.78 is 5.65. The third kappa shape index (κ3) is 3.97. The largest absolute Gasteiger partial charge is 0.481 e. The molecule has 1 aliphatic rings. The first-order valence-corrected chi connectivity index (χ1v) is 7.08. The molecule has 2 rings (SSSR count). The van der Waals surface area contributed by atoms with E-state index >= 15 is 0 Å². The molecule has 0 aromatic carbocycles. The third-order valence-corrected chi connectivity index (χ3v) is 3.80. The molecule has 0 aliphatic heterocycles. The van der Waals surface area contributed by atoms with Gasteiger partial charge in [0.2, 0.25) is 5.91 Å². The van der Waals surface area contributed by atoms with Crippen molar-refractivity contribution in [2.75, 3.05) is 6.54 Å². The highest BCUT2D eigenvalue weighted by Crippen LogP contribution is 2.47. The highest BCUT2D eigenvalue weighted by atomic mass is 16.4. The van der Waals surface area contributed by atoms with Gasteiger partial charge in [0.15, 0.2) is 0 Å². The maximum atomic E-state index is 11.7. The lowest BCUT2D eigenvalue weighted by atomic mass is 9.94. The standard InChI is InChI=1S/C16H21NO4/c1-10-8-12(10)13-6-4-11(21-13)5-7-14(18)17-9-16(2,3)15(19)20/h4-7,10,12H,8-9H2,1-3H3,(H,17,18)(H,19,20)/b7-5+. The van der Waals surface area contributed by atoms with Crippen LogP contribution >= 0.6 is 0 Å². The summed E-state index contributed by atoms with van der Waals surface area (Å²) in [4.78, 5) is 22.6. The SMILES string of the molecule is CC1CC1c1ccc(/C=C/C(=O)NCC(C)(C)C(=O)O)o1. The van der Waals surface area contributed by atoms with Crippen LogP contribution in [0.15, 0.2) is 22.6 Å². The quantitative estimate of drug-likeness (QED) is 0.790. The monoisotopic (exact) mass is 291 g/mol. The number of amides is 1. The summed E-state index contributed by atoms with van der Waals surface area (Å²) >= 11 is 0. The van der Waals surface area contributed by atoms with Crippen molar-refractivity contribution in [3.05, 3.63) is 29.7 Å². The van der Waals surface area contributed by atoms with Gasteiger partial charge < -0.3 is 14.8 Å². The van der Waals surface area contributed by atoms with Crippen molar-refractivity contribution in [1.82, 2.24) is 5.32 Å². The average molecular weight is 291 g/mol. The molecule has 1 aromatic rings. The first kappa shape index (κ1) is 15.4. The van der Waals surface area contributed by atoms with Crippen LogP contribution in [-0.2, 0) is 9.59 Å². The molecule has 2 atom stereocenters. The molecular weight excluding hydrogens is 270 g/mol. The minimum absolute atomic E-state index is 0.0779. The Labute approximate surface area is 124 Å². The maximum Gasteiger partial charge on any atom is 0.310 e. The molecule has 114 valence electrons. The van der Waals surface area contributed by atoms with Gasteiger partial charge in [-0.05, 0) is 44.4 Å². The minimum Gasteiger partial charge on any atom is -0.481 e. The van der Waals surface area contributed by atoms with Crippen LogP contribution in [-0.4, -0.2) is 23.5 Å². The van der Waals surface area contributed by atoms with E-state index in [0.29, 0.717) is 17.6 Å². The zero-order valence-electron chi connectivity index (χ0n) is 12.6. The number of carboxylic acids is 1. The molecule has 2 unspecified atom stereocenters. The van der Waals surface area contributed by atoms with Crippen LogP contribution in [0.2, 0.25) is 0 Å². The normalized spacial score (nSPS) is 21.5. The molecule has 1 aromatic heterocycles. The minimum atomic E-state index is -0.983. The van der Waals surface area contributed by atoms with Crippen molar-refractivity contribution in [3.8, 4) is 0 Å². The summed E-state index contributed by atoms with van der Waals surface area (Å²) in [5, 5.41) is 11.5. The van der Waals surface area contributed by atoms with Gasteiger partial charge in [-0.3, -0.25) is 9.59 Å². The number of nitrogens with one attached hydrogen (secondary N) is 1. The number of rotatable bonds is 6. The first-order chi connectivity index (χ1) is 9.79. The number of furan rings is 1. The molecule has 5 heteroatoms. The fourth-order valence-corrected chi connectivity index (χ4v) is 1.98. The number of hydrogen-bond donors (Lipinski definition) is 2. The molecule has 1 saturated carbocycles. The Bertz CT molecular complexity index is 571. The van der Waals surface area contributed by atoms with Gasteiger partial charge in [0.1, 0.15) is 11.5 Å². The molecule has 0 bridgehead atoms. The van der Waals surface area contributed by atoms with Gasteiger partial charge in [0.05, 0.1) is 5.41 Å². The lowest BCUT2D eigenvalue weighted by Crippen LogP contribution is -2.38. The Morgan fingerprint density at radius 2 is 2.14 bits per heavy atom. The molecule has 1 aliphatic carbocycles. The smallest absolute Gasteiger partial charge is 0.310 e. The van der Waals surface area contributed by atoms with Gasteiger partial charge in [-0.15, -0.1) is 0 Å². The molecular formula is C16H21NO4. The fourth-order valence-electron chi connectivity index (χ4n) is 1.98. The predicted octanol–water partition coefficient (Wildman–Crippen LogP) is 2.64. The van der Waals surface area contributed by atoms with Crippen molar-refractivity contribution in [1.29, 1.82) is 0 Å². The van der Waals surface area contributed by atoms with Crippen molar-refractivity contribution in [2.24, 2.45) is 11.3 Å². The number of aliphatic carboxylic acids is 1. The number of carboxylic acid groups (broad SMARTS) is 1. The number of hydrogen-bond acceptors (Lipinski definition) is 3. The van der Waals surface area contributed by atoms with E-state index in [1.165, 1.54) is 6.08 Å². The Kier molecular flexibility index (Phi) is 4.21. The lowest BCUT2D eigenvalue weighted by Gasteiger charge is -2.18. The lowest BCUT2D eigenvalue weighted by molar-refractivity contribution is -0.146. The van der Waals surface area contributed by atoms with E-state index < -0.39 is 11.4 Å². The fraction of sp³-hybridized carbons (Fsp3) is 0.500. The van der Waals surface area contributed by atoms with E-state index in [9.17, 15) is 9.59 Å². The molecule has 0 radical (unpaired) electrons. The van der Waals surface area contributed by atoms with Gasteiger partial charge in [0.25, 0.3) is 0 Å². The summed E-state index contributed by atoms with van der Waals surface area (Å²) in [7, 11) is 0. The van der Waals surface area contributed by atoms with Gasteiger partial charge in [0, 0.05) is 18.5 Å². The Morgan fingerprint density at radius 1 is 1.48 bits per heavy atom. The Hall–Kier alpha value is -2.04. The van der Waals surface area contributed by atoms with Crippen molar-refractivity contribution in [3.63, 3.8) is 0 Å². The zero-order valence-corrected chi connectivity index (χ0v) is 12.6. The zero-order chi connectivity index (χ0) is 15.6. The summed E-state index contributed by atoms with van der Waals surface area (Å²) in [6.07, 6.45) is 4.11. The second kappa shape index (κ2) is 5.76. The van der Waals surface area contributed by atoms with Crippen molar-refractivity contribution in [2.45, 2.75) is 33.1 Å². The molecule has 2 N–H and O–H groups in total. The molecule has 1 amide bonds. The van der Waals surface area contributed by atoms with Gasteiger partial charge in [-0.25, -0.2) is 0 Å². The van der Waals surface area contributed by atoms with Crippen LogP contribution in [0.5, 0.6) is 0 Å². The highest BCUT2D eigenvalue weighted by Gasteiger charge is 2.36. The second-order valence-electron chi connectivity index (χ2n) is 6.30. The molecule has 1 fully saturated rings. The first-order valence-electron chi connectivity index (χ1n) is 7.08. The van der Waals surface area contributed by atoms with E-state index in [1.54, 1.807) is 19.9 Å². The number of carbonyl (C=O) groups excluding carboxylic acids is 1. The van der Waals surface area contributed by atoms with Gasteiger partial charge in [-0.2, -0.15) is 0 Å². The van der Waals surface area contributed by atoms with Gasteiger partial charge >= 0.3 is 5.97 Å². The molecule has 1 heterocycles. The predicted molar refractivity (Wildman–Crippen MR) is 78.7 cm³/mol. The van der Waals surface area contributed by atoms with Gasteiger partial charge in [-0.1, -0.05) is 6.92 Å². The summed E-state index contributed by atoms with van der Waals surface area (Å²) in [5.41, 5.74) is -0.983. The van der Waals surface area contributed by atoms with E-state index in [2.05, 4.69) is 12.2 Å². The van der Waals surface area contributed by atoms with Crippen molar-refractivity contribution < 1.29 is 19.1 Å². The van der Waals surface area contributed by atoms with Crippen LogP contribution in [0.4, 0.5) is 0 Å². The maximum absolute atomic E-state index is 11.7. The highest BCUT2D eigenvalue weighted by molar-refractivity contribution is 5.91. The Morgan fingerprint density at radius 3 is 2.71 bits per heavy atom. The molecule has 5 nitrogen and oxygen atoms in total. The van der Waals surface area contributed by atoms with Crippen molar-refractivity contribution >= 4 is 18.0 Å². The second-order valence-corrected chi connectivity index (χ2v) is 6.30. The number of carbonyl (C=O) groups is 2. The van der Waals surface area contributed by atoms with Crippen LogP contribution in [0.3, 0.4) is 0 Å². The van der Waals surface area contributed by atoms with Crippen LogP contribution < -0.4 is 5.32 Å². The van der Waals surface area contributed by atoms with E-state index in [0.717, 1.165) is 12.2 Å². The van der Waals surface area contributed by atoms with Crippen LogP contribution in [0.25, 0.3) is 6.08 Å². The Balaban J connectivity index is 1.84. The topological polar surface area (TPSA) is 79.5 Å². The van der Waals surface area contributed by atoms with E-state index in [-0.39, 0.29) is 12.5 Å². The summed E-state index contributed by atoms with van der Waals surface area (Å²) in [5.74, 6) is 1.52. The van der Waals surface area contributed by atoms with Crippen LogP contribution in [0.1, 0.15) is 44.6 Å². The molecule has 0 spiro atoms. The summed E-state index contributed by atoms with van der Waals surface area (Å²) in [6.45, 7) is 5.39. The van der Waals surface area contributed by atoms with E-state index in [1.807, 2.05) is 12.1 Å².